The standard InChI is InChI=1S/C22H25FN.C20H21FN.CH4/c1-13(2)18-8-7-17-9-10-24(6)22(19(17)12-18)20-16(5)14(3)11-15(4)21(20)23;1-12-6-7-16-8-9-22(5)20(17(16)10-12)18-15(4)13(2)11-14(3)19(18)21;/h7-13H,1-6H3;6-11H,1-5H3;1H4/q2*+1;. The number of hydrogen-bond acceptors (Lipinski definition) is 0. The lowest BCUT2D eigenvalue weighted by Crippen LogP contribution is -2.31. The summed E-state index contributed by atoms with van der Waals surface area (Å²) in [6, 6.07) is 20.9. The molecule has 2 aromatic heterocycles. The highest BCUT2D eigenvalue weighted by atomic mass is 19.1. The molecule has 6 rings (SSSR count). The first kappa shape index (κ1) is 35.4. The third-order valence-electron chi connectivity index (χ3n) is 9.53. The Morgan fingerprint density at radius 2 is 0.957 bits per heavy atom. The van der Waals surface area contributed by atoms with E-state index in [1.165, 1.54) is 11.1 Å². The Morgan fingerprint density at radius 1 is 0.532 bits per heavy atom. The summed E-state index contributed by atoms with van der Waals surface area (Å²) in [7, 11) is 3.97. The van der Waals surface area contributed by atoms with Crippen LogP contribution in [0.3, 0.4) is 0 Å². The molecule has 0 saturated heterocycles. The van der Waals surface area contributed by atoms with Crippen LogP contribution in [0.25, 0.3) is 44.1 Å². The van der Waals surface area contributed by atoms with Gasteiger partial charge in [0.15, 0.2) is 12.4 Å². The molecular formula is C43H50F2N2+2. The molecule has 2 nitrogen and oxygen atoms in total. The molecule has 0 aliphatic rings. The number of fused-ring (bicyclic) bond motifs is 2. The van der Waals surface area contributed by atoms with Crippen LogP contribution in [0, 0.1) is 60.1 Å². The predicted molar refractivity (Wildman–Crippen MR) is 195 cm³/mol. The zero-order chi connectivity index (χ0) is 33.6. The third-order valence-corrected chi connectivity index (χ3v) is 9.53. The van der Waals surface area contributed by atoms with Gasteiger partial charge in [-0.05, 0) is 116 Å². The van der Waals surface area contributed by atoms with Crippen molar-refractivity contribution in [3.8, 4) is 22.5 Å². The highest BCUT2D eigenvalue weighted by Gasteiger charge is 2.25. The molecule has 4 aromatic carbocycles. The minimum absolute atomic E-state index is 0. The largest absolute Gasteiger partial charge is 0.223 e. The van der Waals surface area contributed by atoms with E-state index in [1.54, 1.807) is 0 Å². The van der Waals surface area contributed by atoms with Gasteiger partial charge in [-0.3, -0.25) is 0 Å². The van der Waals surface area contributed by atoms with Crippen LogP contribution in [0.1, 0.15) is 71.7 Å². The molecule has 0 bridgehead atoms. The lowest BCUT2D eigenvalue weighted by Gasteiger charge is -2.14. The van der Waals surface area contributed by atoms with Crippen LogP contribution in [0.2, 0.25) is 0 Å². The van der Waals surface area contributed by atoms with Crippen LogP contribution in [-0.4, -0.2) is 0 Å². The maximum Gasteiger partial charge on any atom is 0.223 e. The van der Waals surface area contributed by atoms with Crippen LogP contribution in [-0.2, 0) is 14.1 Å². The average Bonchev–Trinajstić information content (AvgIpc) is 3.01. The summed E-state index contributed by atoms with van der Waals surface area (Å²) in [5.41, 5.74) is 11.5. The van der Waals surface area contributed by atoms with Crippen molar-refractivity contribution in [3.05, 3.63) is 129 Å². The van der Waals surface area contributed by atoms with E-state index >= 15 is 4.39 Å². The number of aryl methyl sites for hydroxylation is 7. The summed E-state index contributed by atoms with van der Waals surface area (Å²) in [5.74, 6) is 0.210. The molecule has 0 saturated carbocycles. The van der Waals surface area contributed by atoms with Crippen molar-refractivity contribution in [2.24, 2.45) is 14.1 Å². The van der Waals surface area contributed by atoms with Crippen molar-refractivity contribution < 1.29 is 17.9 Å². The monoisotopic (exact) mass is 632 g/mol. The number of benzene rings is 4. The molecule has 0 unspecified atom stereocenters. The number of rotatable bonds is 3. The van der Waals surface area contributed by atoms with E-state index in [1.807, 2.05) is 82.4 Å². The van der Waals surface area contributed by atoms with Crippen molar-refractivity contribution in [2.75, 3.05) is 0 Å². The maximum absolute atomic E-state index is 15.1. The van der Waals surface area contributed by atoms with Crippen molar-refractivity contribution in [1.29, 1.82) is 0 Å². The molecule has 47 heavy (non-hydrogen) atoms. The van der Waals surface area contributed by atoms with Gasteiger partial charge in [0.25, 0.3) is 0 Å². The second-order valence-corrected chi connectivity index (χ2v) is 13.3. The molecule has 0 amide bonds. The Labute approximate surface area is 280 Å². The zero-order valence-corrected chi connectivity index (χ0v) is 29.2. The minimum atomic E-state index is -0.118. The number of nitrogens with zero attached hydrogens (tertiary/aromatic N) is 2. The summed E-state index contributed by atoms with van der Waals surface area (Å²) < 4.78 is 34.1. The number of hydrogen-bond donors (Lipinski definition) is 0. The summed E-state index contributed by atoms with van der Waals surface area (Å²) in [4.78, 5) is 0. The lowest BCUT2D eigenvalue weighted by molar-refractivity contribution is -0.659. The van der Waals surface area contributed by atoms with Crippen molar-refractivity contribution in [3.63, 3.8) is 0 Å². The Morgan fingerprint density at radius 3 is 1.40 bits per heavy atom. The van der Waals surface area contributed by atoms with Crippen LogP contribution in [0.5, 0.6) is 0 Å². The highest BCUT2D eigenvalue weighted by Crippen LogP contribution is 2.35. The smallest absolute Gasteiger partial charge is 0.206 e. The van der Waals surface area contributed by atoms with Crippen LogP contribution >= 0.6 is 0 Å². The van der Waals surface area contributed by atoms with Crippen LogP contribution < -0.4 is 9.13 Å². The average molecular weight is 633 g/mol. The van der Waals surface area contributed by atoms with Gasteiger partial charge in [-0.2, -0.15) is 0 Å². The van der Waals surface area contributed by atoms with E-state index in [2.05, 4.69) is 76.2 Å². The van der Waals surface area contributed by atoms with Crippen molar-refractivity contribution >= 4 is 21.5 Å². The first-order valence-corrected chi connectivity index (χ1v) is 16.1. The molecule has 0 N–H and O–H groups in total. The summed E-state index contributed by atoms with van der Waals surface area (Å²) in [6.45, 7) is 18.2. The van der Waals surface area contributed by atoms with E-state index in [4.69, 9.17) is 0 Å². The molecule has 2 heterocycles. The Bertz CT molecular complexity index is 2080. The molecular weight excluding hydrogens is 582 g/mol. The molecule has 0 aliphatic heterocycles. The van der Waals surface area contributed by atoms with Gasteiger partial charge in [-0.1, -0.05) is 63.2 Å². The first-order valence-electron chi connectivity index (χ1n) is 16.1. The molecule has 244 valence electrons. The molecule has 0 radical (unpaired) electrons. The van der Waals surface area contributed by atoms with E-state index in [-0.39, 0.29) is 19.1 Å². The lowest BCUT2D eigenvalue weighted by atomic mass is 9.92. The van der Waals surface area contributed by atoms with Gasteiger partial charge in [-0.25, -0.2) is 17.9 Å². The van der Waals surface area contributed by atoms with E-state index in [0.29, 0.717) is 17.0 Å². The quantitative estimate of drug-likeness (QED) is 0.172. The fourth-order valence-electron chi connectivity index (χ4n) is 6.51. The SMILES string of the molecule is C.Cc1cc(C)c(F)c(-c2c3cc(C(C)C)ccc3cc[n+]2C)c1C.Cc1ccc2cc[n+](C)c(-c3c(C)c(C)cc(C)c3F)c2c1. The Balaban J connectivity index is 0.000000209. The maximum atomic E-state index is 15.1. The molecule has 0 atom stereocenters. The predicted octanol–water partition coefficient (Wildman–Crippen LogP) is 10.9. The van der Waals surface area contributed by atoms with Crippen molar-refractivity contribution in [1.82, 2.24) is 0 Å². The van der Waals surface area contributed by atoms with Crippen molar-refractivity contribution in [2.45, 2.75) is 75.7 Å². The second-order valence-electron chi connectivity index (χ2n) is 13.3. The van der Waals surface area contributed by atoms with Gasteiger partial charge in [0.1, 0.15) is 25.7 Å². The summed E-state index contributed by atoms with van der Waals surface area (Å²) >= 11 is 0. The normalized spacial score (nSPS) is 11.1. The summed E-state index contributed by atoms with van der Waals surface area (Å²) in [6.07, 6.45) is 4.02. The van der Waals surface area contributed by atoms with Gasteiger partial charge >= 0.3 is 0 Å². The fourth-order valence-corrected chi connectivity index (χ4v) is 6.51. The number of halogens is 2. The molecule has 6 aromatic rings. The second kappa shape index (κ2) is 13.7. The third kappa shape index (κ3) is 6.56. The van der Waals surface area contributed by atoms with Crippen LogP contribution in [0.4, 0.5) is 8.78 Å². The van der Waals surface area contributed by atoms with Gasteiger partial charge in [-0.15, -0.1) is 0 Å². The zero-order valence-electron chi connectivity index (χ0n) is 29.2. The number of aromatic nitrogens is 2. The summed E-state index contributed by atoms with van der Waals surface area (Å²) in [5, 5.41) is 4.48. The molecule has 0 fully saturated rings. The van der Waals surface area contributed by atoms with Crippen LogP contribution in [0.15, 0.2) is 73.1 Å². The van der Waals surface area contributed by atoms with E-state index in [0.717, 1.165) is 66.3 Å². The minimum Gasteiger partial charge on any atom is -0.206 e. The van der Waals surface area contributed by atoms with Gasteiger partial charge < -0.3 is 0 Å². The topological polar surface area (TPSA) is 7.76 Å². The van der Waals surface area contributed by atoms with Gasteiger partial charge in [0.2, 0.25) is 11.4 Å². The van der Waals surface area contributed by atoms with E-state index in [9.17, 15) is 4.39 Å². The first-order chi connectivity index (χ1) is 21.7. The highest BCUT2D eigenvalue weighted by molar-refractivity contribution is 5.95. The fraction of sp³-hybridized carbons (Fsp3) is 0.302. The van der Waals surface area contributed by atoms with Gasteiger partial charge in [0.05, 0.1) is 21.9 Å². The van der Waals surface area contributed by atoms with E-state index < -0.39 is 0 Å². The van der Waals surface area contributed by atoms with Gasteiger partial charge in [0, 0.05) is 12.1 Å². The molecule has 4 heteroatoms. The Kier molecular flexibility index (Phi) is 10.3. The Hall–Kier alpha value is -4.44. The molecule has 0 aliphatic carbocycles. The number of pyridine rings is 2. The molecule has 0 spiro atoms.